The van der Waals surface area contributed by atoms with E-state index in [4.69, 9.17) is 9.47 Å². The summed E-state index contributed by atoms with van der Waals surface area (Å²) >= 11 is 0. The Balaban J connectivity index is 3.11. The fourth-order valence-corrected chi connectivity index (χ4v) is 2.83. The molecule has 4 heteroatoms. The van der Waals surface area contributed by atoms with Crippen molar-refractivity contribution in [2.24, 2.45) is 0 Å². The number of nitrogens with one attached hydrogen (secondary N) is 1. The van der Waals surface area contributed by atoms with Crippen LogP contribution in [0.25, 0.3) is 0 Å². The average Bonchev–Trinajstić information content (AvgIpc) is 2.41. The zero-order chi connectivity index (χ0) is 14.0. The Kier molecular flexibility index (Phi) is 4.23. The largest absolute Gasteiger partial charge is 0.465 e. The van der Waals surface area contributed by atoms with E-state index in [2.05, 4.69) is 11.9 Å². The summed E-state index contributed by atoms with van der Waals surface area (Å²) in [6.07, 6.45) is 2.32. The normalized spacial score (nSPS) is 28.9. The Morgan fingerprint density at radius 1 is 1.44 bits per heavy atom. The van der Waals surface area contributed by atoms with Crippen LogP contribution in [0.15, 0.2) is 12.7 Å². The van der Waals surface area contributed by atoms with Crippen LogP contribution in [-0.2, 0) is 14.3 Å². The number of ether oxygens (including phenoxy) is 2. The van der Waals surface area contributed by atoms with Crippen molar-refractivity contribution in [2.75, 3.05) is 13.2 Å². The number of carbonyl (C=O) groups is 1. The van der Waals surface area contributed by atoms with Crippen molar-refractivity contribution in [3.8, 4) is 0 Å². The minimum atomic E-state index is -0.819. The van der Waals surface area contributed by atoms with Crippen LogP contribution in [0.5, 0.6) is 0 Å². The smallest absolute Gasteiger partial charge is 0.329 e. The van der Waals surface area contributed by atoms with Crippen LogP contribution >= 0.6 is 0 Å². The Hall–Kier alpha value is -0.870. The van der Waals surface area contributed by atoms with Gasteiger partial charge < -0.3 is 9.47 Å². The molecule has 1 aliphatic heterocycles. The third kappa shape index (κ3) is 2.59. The summed E-state index contributed by atoms with van der Waals surface area (Å²) in [6.45, 7) is 14.2. The van der Waals surface area contributed by atoms with E-state index in [-0.39, 0.29) is 11.6 Å². The highest BCUT2D eigenvalue weighted by atomic mass is 16.6. The van der Waals surface area contributed by atoms with Crippen molar-refractivity contribution in [3.63, 3.8) is 0 Å². The molecule has 1 saturated heterocycles. The second-order valence-electron chi connectivity index (χ2n) is 5.84. The molecule has 0 aliphatic carbocycles. The molecule has 1 heterocycles. The van der Waals surface area contributed by atoms with Gasteiger partial charge in [-0.3, -0.25) is 5.32 Å². The molecule has 1 N–H and O–H groups in total. The van der Waals surface area contributed by atoms with Crippen molar-refractivity contribution >= 4 is 5.97 Å². The van der Waals surface area contributed by atoms with E-state index in [0.717, 1.165) is 0 Å². The minimum Gasteiger partial charge on any atom is -0.465 e. The summed E-state index contributed by atoms with van der Waals surface area (Å²) in [5.41, 5.74) is -1.79. The second-order valence-corrected chi connectivity index (χ2v) is 5.84. The number of carbonyl (C=O) groups excluding carboxylic acids is 1. The molecule has 1 fully saturated rings. The topological polar surface area (TPSA) is 47.6 Å². The highest BCUT2D eigenvalue weighted by Crippen LogP contribution is 2.45. The zero-order valence-corrected chi connectivity index (χ0v) is 12.1. The van der Waals surface area contributed by atoms with Crippen LogP contribution in [0.4, 0.5) is 0 Å². The molecule has 4 nitrogen and oxygen atoms in total. The maximum absolute atomic E-state index is 12.4. The van der Waals surface area contributed by atoms with Crippen molar-refractivity contribution in [1.82, 2.24) is 5.32 Å². The molecule has 0 saturated carbocycles. The molecule has 0 bridgehead atoms. The van der Waals surface area contributed by atoms with Gasteiger partial charge in [0.05, 0.1) is 17.8 Å². The molecule has 1 atom stereocenters. The first-order valence-corrected chi connectivity index (χ1v) is 6.44. The molecular formula is C14H25NO3. The first-order valence-electron chi connectivity index (χ1n) is 6.44. The van der Waals surface area contributed by atoms with Crippen LogP contribution < -0.4 is 5.32 Å². The molecule has 1 unspecified atom stereocenters. The van der Waals surface area contributed by atoms with Gasteiger partial charge in [-0.2, -0.15) is 0 Å². The van der Waals surface area contributed by atoms with Gasteiger partial charge in [0, 0.05) is 13.0 Å². The van der Waals surface area contributed by atoms with Gasteiger partial charge in [0.15, 0.2) is 0 Å². The van der Waals surface area contributed by atoms with Gasteiger partial charge >= 0.3 is 5.97 Å². The third-order valence-corrected chi connectivity index (χ3v) is 3.42. The standard InChI is InChI=1S/C14H25NO3/c1-7-9-15-14(11(16)17-8-2)10-12(3,4)18-13(14,5)6/h7,15H,1,8-10H2,2-6H3. The van der Waals surface area contributed by atoms with E-state index in [1.165, 1.54) is 0 Å². The summed E-state index contributed by atoms with van der Waals surface area (Å²) in [5, 5.41) is 3.26. The number of hydrogen-bond acceptors (Lipinski definition) is 4. The second kappa shape index (κ2) is 5.02. The van der Waals surface area contributed by atoms with Crippen LogP contribution in [0.2, 0.25) is 0 Å². The van der Waals surface area contributed by atoms with Crippen LogP contribution in [0, 0.1) is 0 Å². The van der Waals surface area contributed by atoms with Gasteiger partial charge in [-0.1, -0.05) is 6.08 Å². The molecule has 0 aromatic carbocycles. The molecule has 1 rings (SSSR count). The molecule has 18 heavy (non-hydrogen) atoms. The van der Waals surface area contributed by atoms with Crippen LogP contribution in [0.1, 0.15) is 41.0 Å². The molecule has 104 valence electrons. The lowest BCUT2D eigenvalue weighted by atomic mass is 9.79. The lowest BCUT2D eigenvalue weighted by Gasteiger charge is -2.37. The van der Waals surface area contributed by atoms with Crippen LogP contribution in [0.3, 0.4) is 0 Å². The predicted octanol–water partition coefficient (Wildman–Crippen LogP) is 2.04. The first-order chi connectivity index (χ1) is 8.21. The van der Waals surface area contributed by atoms with Gasteiger partial charge in [-0.15, -0.1) is 6.58 Å². The van der Waals surface area contributed by atoms with Crippen LogP contribution in [-0.4, -0.2) is 35.9 Å². The highest BCUT2D eigenvalue weighted by Gasteiger charge is 2.62. The van der Waals surface area contributed by atoms with Gasteiger partial charge in [-0.05, 0) is 34.6 Å². The Labute approximate surface area is 110 Å². The van der Waals surface area contributed by atoms with E-state index in [9.17, 15) is 4.79 Å². The maximum Gasteiger partial charge on any atom is 0.329 e. The monoisotopic (exact) mass is 255 g/mol. The molecule has 1 aliphatic rings. The predicted molar refractivity (Wildman–Crippen MR) is 71.4 cm³/mol. The third-order valence-electron chi connectivity index (χ3n) is 3.42. The summed E-state index contributed by atoms with van der Waals surface area (Å²) in [4.78, 5) is 12.4. The van der Waals surface area contributed by atoms with E-state index in [1.807, 2.05) is 34.6 Å². The quantitative estimate of drug-likeness (QED) is 0.603. The molecule has 0 amide bonds. The van der Waals surface area contributed by atoms with Gasteiger partial charge in [-0.25, -0.2) is 4.79 Å². The molecule has 0 aromatic heterocycles. The lowest BCUT2D eigenvalue weighted by molar-refractivity contribution is -0.159. The Morgan fingerprint density at radius 3 is 2.44 bits per heavy atom. The van der Waals surface area contributed by atoms with Gasteiger partial charge in [0.2, 0.25) is 0 Å². The fourth-order valence-electron chi connectivity index (χ4n) is 2.83. The Bertz CT molecular complexity index is 336. The fraction of sp³-hybridized carbons (Fsp3) is 0.786. The van der Waals surface area contributed by atoms with Gasteiger partial charge in [0.1, 0.15) is 5.54 Å². The minimum absolute atomic E-state index is 0.248. The maximum atomic E-state index is 12.4. The van der Waals surface area contributed by atoms with E-state index >= 15 is 0 Å². The number of rotatable bonds is 5. The van der Waals surface area contributed by atoms with Crippen molar-refractivity contribution in [3.05, 3.63) is 12.7 Å². The SMILES string of the molecule is C=CCNC1(C(=O)OCC)CC(C)(C)OC1(C)C. The average molecular weight is 255 g/mol. The summed E-state index contributed by atoms with van der Waals surface area (Å²) in [6, 6.07) is 0. The van der Waals surface area contributed by atoms with Gasteiger partial charge in [0.25, 0.3) is 0 Å². The summed E-state index contributed by atoms with van der Waals surface area (Å²) in [5.74, 6) is -0.248. The molecule has 0 aromatic rings. The summed E-state index contributed by atoms with van der Waals surface area (Å²) in [7, 11) is 0. The van der Waals surface area contributed by atoms with E-state index in [1.54, 1.807) is 6.08 Å². The molecule has 0 spiro atoms. The summed E-state index contributed by atoms with van der Waals surface area (Å²) < 4.78 is 11.3. The highest BCUT2D eigenvalue weighted by molar-refractivity contribution is 5.83. The van der Waals surface area contributed by atoms with Crippen molar-refractivity contribution in [1.29, 1.82) is 0 Å². The number of hydrogen-bond donors (Lipinski definition) is 1. The zero-order valence-electron chi connectivity index (χ0n) is 12.1. The van der Waals surface area contributed by atoms with E-state index < -0.39 is 11.1 Å². The molecule has 0 radical (unpaired) electrons. The lowest BCUT2D eigenvalue weighted by Crippen LogP contribution is -2.63. The van der Waals surface area contributed by atoms with Crippen molar-refractivity contribution < 1.29 is 14.3 Å². The van der Waals surface area contributed by atoms with Crippen molar-refractivity contribution in [2.45, 2.75) is 57.8 Å². The molecular weight excluding hydrogens is 230 g/mol. The first kappa shape index (κ1) is 15.2. The van der Waals surface area contributed by atoms with E-state index in [0.29, 0.717) is 19.6 Å². The number of esters is 1. The Morgan fingerprint density at radius 2 is 2.06 bits per heavy atom.